The molecule has 0 unspecified atom stereocenters. The van der Waals surface area contributed by atoms with Crippen LogP contribution in [0, 0.1) is 5.82 Å². The van der Waals surface area contributed by atoms with E-state index in [4.69, 9.17) is 0 Å². The van der Waals surface area contributed by atoms with Crippen molar-refractivity contribution in [2.24, 2.45) is 0 Å². The summed E-state index contributed by atoms with van der Waals surface area (Å²) in [5, 5.41) is 2.94. The van der Waals surface area contributed by atoms with Crippen LogP contribution in [-0.4, -0.2) is 20.4 Å². The third-order valence-corrected chi connectivity index (χ3v) is 5.58. The van der Waals surface area contributed by atoms with Gasteiger partial charge in [0.15, 0.2) is 0 Å². The molecule has 2 aromatic rings. The van der Waals surface area contributed by atoms with Gasteiger partial charge in [-0.05, 0) is 43.2 Å². The molecule has 2 aromatic carbocycles. The molecule has 7 heteroatoms. The summed E-state index contributed by atoms with van der Waals surface area (Å²) >= 11 is 0. The van der Waals surface area contributed by atoms with Crippen molar-refractivity contribution in [1.29, 1.82) is 0 Å². The maximum absolute atomic E-state index is 13.3. The summed E-state index contributed by atoms with van der Waals surface area (Å²) in [6.45, 7) is 0. The van der Waals surface area contributed by atoms with Crippen LogP contribution in [0.15, 0.2) is 53.4 Å². The third kappa shape index (κ3) is 4.17. The normalized spacial score (nSPS) is 15.1. The first-order valence-corrected chi connectivity index (χ1v) is 9.62. The Hall–Kier alpha value is -2.41. The lowest BCUT2D eigenvalue weighted by Gasteiger charge is -2.15. The fourth-order valence-corrected chi connectivity index (χ4v) is 4.05. The topological polar surface area (TPSA) is 75.3 Å². The number of carbonyl (C=O) groups excluding carboxylic acids is 1. The van der Waals surface area contributed by atoms with Crippen LogP contribution >= 0.6 is 0 Å². The molecule has 132 valence electrons. The first-order valence-electron chi connectivity index (χ1n) is 8.14. The molecule has 0 bridgehead atoms. The van der Waals surface area contributed by atoms with Gasteiger partial charge in [-0.1, -0.05) is 31.0 Å². The first kappa shape index (κ1) is 17.4. The highest BCUT2D eigenvalue weighted by atomic mass is 32.2. The maximum Gasteiger partial charge on any atom is 0.262 e. The zero-order chi connectivity index (χ0) is 17.9. The molecule has 0 aliphatic heterocycles. The highest BCUT2D eigenvalue weighted by Crippen LogP contribution is 2.22. The average Bonchev–Trinajstić information content (AvgIpc) is 3.08. The van der Waals surface area contributed by atoms with E-state index in [1.165, 1.54) is 24.3 Å². The summed E-state index contributed by atoms with van der Waals surface area (Å²) in [6.07, 6.45) is 4.03. The summed E-state index contributed by atoms with van der Waals surface area (Å²) in [5.41, 5.74) is 0.414. The minimum atomic E-state index is -3.99. The van der Waals surface area contributed by atoms with Crippen molar-refractivity contribution in [3.63, 3.8) is 0 Å². The quantitative estimate of drug-likeness (QED) is 0.857. The smallest absolute Gasteiger partial charge is 0.262 e. The van der Waals surface area contributed by atoms with E-state index in [0.717, 1.165) is 31.7 Å². The zero-order valence-electron chi connectivity index (χ0n) is 13.5. The highest BCUT2D eigenvalue weighted by Gasteiger charge is 2.22. The number of rotatable bonds is 5. The van der Waals surface area contributed by atoms with E-state index in [0.29, 0.717) is 0 Å². The van der Waals surface area contributed by atoms with Gasteiger partial charge < -0.3 is 5.32 Å². The fourth-order valence-electron chi connectivity index (χ4n) is 2.94. The molecule has 0 heterocycles. The average molecular weight is 362 g/mol. The number of halogens is 1. The molecule has 1 saturated carbocycles. The molecule has 0 atom stereocenters. The maximum atomic E-state index is 13.3. The summed E-state index contributed by atoms with van der Waals surface area (Å²) in [4.78, 5) is 12.3. The monoisotopic (exact) mass is 362 g/mol. The van der Waals surface area contributed by atoms with Gasteiger partial charge in [0.2, 0.25) is 0 Å². The SMILES string of the molecule is O=C(NC1CCCC1)c1ccccc1NS(=O)(=O)c1cccc(F)c1. The lowest BCUT2D eigenvalue weighted by atomic mass is 10.1. The molecule has 1 aliphatic carbocycles. The lowest BCUT2D eigenvalue weighted by Crippen LogP contribution is -2.33. The van der Waals surface area contributed by atoms with Gasteiger partial charge in [0, 0.05) is 6.04 Å². The van der Waals surface area contributed by atoms with Crippen LogP contribution in [0.2, 0.25) is 0 Å². The van der Waals surface area contributed by atoms with Crippen molar-refractivity contribution < 1.29 is 17.6 Å². The molecule has 25 heavy (non-hydrogen) atoms. The summed E-state index contributed by atoms with van der Waals surface area (Å²) < 4.78 is 40.6. The number of amides is 1. The van der Waals surface area contributed by atoms with E-state index >= 15 is 0 Å². The van der Waals surface area contributed by atoms with Gasteiger partial charge >= 0.3 is 0 Å². The highest BCUT2D eigenvalue weighted by molar-refractivity contribution is 7.92. The van der Waals surface area contributed by atoms with Crippen LogP contribution in [0.4, 0.5) is 10.1 Å². The van der Waals surface area contributed by atoms with Crippen LogP contribution in [0.5, 0.6) is 0 Å². The van der Waals surface area contributed by atoms with E-state index in [1.54, 1.807) is 18.2 Å². The van der Waals surface area contributed by atoms with Crippen molar-refractivity contribution in [2.75, 3.05) is 4.72 Å². The van der Waals surface area contributed by atoms with Gasteiger partial charge in [0.25, 0.3) is 15.9 Å². The van der Waals surface area contributed by atoms with E-state index in [2.05, 4.69) is 10.0 Å². The number of para-hydroxylation sites is 1. The molecule has 0 aromatic heterocycles. The molecule has 1 aliphatic rings. The minimum absolute atomic E-state index is 0.125. The van der Waals surface area contributed by atoms with Crippen LogP contribution in [-0.2, 0) is 10.0 Å². The van der Waals surface area contributed by atoms with Crippen molar-refractivity contribution in [3.8, 4) is 0 Å². The van der Waals surface area contributed by atoms with Gasteiger partial charge in [-0.2, -0.15) is 0 Å². The van der Waals surface area contributed by atoms with E-state index < -0.39 is 15.8 Å². The number of benzene rings is 2. The van der Waals surface area contributed by atoms with Crippen LogP contribution in [0.1, 0.15) is 36.0 Å². The standard InChI is InChI=1S/C18H19FN2O3S/c19-13-6-5-9-15(12-13)25(23,24)21-17-11-4-3-10-16(17)18(22)20-14-7-1-2-8-14/h3-6,9-12,14,21H,1-2,7-8H2,(H,20,22). The van der Waals surface area contributed by atoms with Gasteiger partial charge in [-0.15, -0.1) is 0 Å². The van der Waals surface area contributed by atoms with Crippen molar-refractivity contribution in [3.05, 3.63) is 59.9 Å². The lowest BCUT2D eigenvalue weighted by molar-refractivity contribution is 0.0939. The molecule has 2 N–H and O–H groups in total. The molecule has 1 fully saturated rings. The third-order valence-electron chi connectivity index (χ3n) is 4.21. The zero-order valence-corrected chi connectivity index (χ0v) is 14.4. The Morgan fingerprint density at radius 1 is 1.04 bits per heavy atom. The Morgan fingerprint density at radius 2 is 1.76 bits per heavy atom. The summed E-state index contributed by atoms with van der Waals surface area (Å²) in [5.74, 6) is -0.959. The van der Waals surface area contributed by atoms with E-state index in [-0.39, 0.29) is 28.1 Å². The second-order valence-electron chi connectivity index (χ2n) is 6.06. The summed E-state index contributed by atoms with van der Waals surface area (Å²) in [6, 6.07) is 11.2. The Bertz CT molecular complexity index is 877. The molecular formula is C18H19FN2O3S. The van der Waals surface area contributed by atoms with Crippen LogP contribution in [0.25, 0.3) is 0 Å². The number of hydrogen-bond donors (Lipinski definition) is 2. The van der Waals surface area contributed by atoms with Gasteiger partial charge in [-0.3, -0.25) is 9.52 Å². The van der Waals surface area contributed by atoms with Gasteiger partial charge in [0.1, 0.15) is 5.82 Å². The Labute approximate surface area is 146 Å². The van der Waals surface area contributed by atoms with Crippen LogP contribution in [0.3, 0.4) is 0 Å². The number of hydrogen-bond acceptors (Lipinski definition) is 3. The number of anilines is 1. The van der Waals surface area contributed by atoms with Gasteiger partial charge in [0.05, 0.1) is 16.1 Å². The Morgan fingerprint density at radius 3 is 2.48 bits per heavy atom. The minimum Gasteiger partial charge on any atom is -0.349 e. The van der Waals surface area contributed by atoms with Crippen molar-refractivity contribution in [2.45, 2.75) is 36.6 Å². The number of carbonyl (C=O) groups is 1. The summed E-state index contributed by atoms with van der Waals surface area (Å²) in [7, 11) is -3.99. The Kier molecular flexibility index (Phi) is 5.03. The van der Waals surface area contributed by atoms with Crippen LogP contribution < -0.4 is 10.0 Å². The van der Waals surface area contributed by atoms with E-state index in [1.807, 2.05) is 0 Å². The van der Waals surface area contributed by atoms with Crippen molar-refractivity contribution >= 4 is 21.6 Å². The Balaban J connectivity index is 1.84. The fraction of sp³-hybridized carbons (Fsp3) is 0.278. The number of nitrogens with one attached hydrogen (secondary N) is 2. The largest absolute Gasteiger partial charge is 0.349 e. The van der Waals surface area contributed by atoms with Crippen molar-refractivity contribution in [1.82, 2.24) is 5.32 Å². The second-order valence-corrected chi connectivity index (χ2v) is 7.75. The molecule has 0 saturated heterocycles. The molecule has 0 radical (unpaired) electrons. The second kappa shape index (κ2) is 7.23. The number of sulfonamides is 1. The first-order chi connectivity index (χ1) is 12.0. The molecule has 5 nitrogen and oxygen atoms in total. The molecular weight excluding hydrogens is 343 g/mol. The van der Waals surface area contributed by atoms with E-state index in [9.17, 15) is 17.6 Å². The molecule has 3 rings (SSSR count). The predicted molar refractivity (Wildman–Crippen MR) is 93.4 cm³/mol. The molecule has 0 spiro atoms. The molecule has 1 amide bonds. The van der Waals surface area contributed by atoms with Gasteiger partial charge in [-0.25, -0.2) is 12.8 Å². The predicted octanol–water partition coefficient (Wildman–Crippen LogP) is 3.30.